The van der Waals surface area contributed by atoms with Gasteiger partial charge >= 0.3 is 0 Å². The number of hydrogen-bond acceptors (Lipinski definition) is 4. The Bertz CT molecular complexity index is 518. The second-order valence-corrected chi connectivity index (χ2v) is 6.34. The van der Waals surface area contributed by atoms with Crippen molar-refractivity contribution in [2.24, 2.45) is 5.73 Å². The SMILES string of the molecule is NC1CCCc2nc(-c3cc(Cl)cs3)sc21. The molecular weight excluding hydrogens is 260 g/mol. The van der Waals surface area contributed by atoms with E-state index in [1.165, 1.54) is 10.6 Å². The van der Waals surface area contributed by atoms with Crippen molar-refractivity contribution in [3.05, 3.63) is 27.0 Å². The molecule has 2 aromatic rings. The van der Waals surface area contributed by atoms with Crippen LogP contribution in [0.2, 0.25) is 5.02 Å². The predicted octanol–water partition coefficient (Wildman–Crippen LogP) is 3.86. The highest BCUT2D eigenvalue weighted by Crippen LogP contribution is 2.39. The summed E-state index contributed by atoms with van der Waals surface area (Å²) in [5.41, 5.74) is 7.29. The van der Waals surface area contributed by atoms with Gasteiger partial charge in [-0.25, -0.2) is 4.98 Å². The molecule has 0 saturated carbocycles. The van der Waals surface area contributed by atoms with Gasteiger partial charge in [-0.05, 0) is 25.3 Å². The lowest BCUT2D eigenvalue weighted by molar-refractivity contribution is 0.573. The molecular formula is C11H11ClN2S2. The first-order valence-electron chi connectivity index (χ1n) is 5.23. The van der Waals surface area contributed by atoms with E-state index in [4.69, 9.17) is 17.3 Å². The molecule has 84 valence electrons. The summed E-state index contributed by atoms with van der Waals surface area (Å²) in [4.78, 5) is 7.09. The van der Waals surface area contributed by atoms with Crippen LogP contribution in [0.15, 0.2) is 11.4 Å². The zero-order valence-electron chi connectivity index (χ0n) is 8.57. The molecule has 1 atom stereocenters. The lowest BCUT2D eigenvalue weighted by Gasteiger charge is -2.15. The van der Waals surface area contributed by atoms with Gasteiger partial charge < -0.3 is 5.73 Å². The zero-order valence-corrected chi connectivity index (χ0v) is 11.0. The normalized spacial score (nSPS) is 19.8. The van der Waals surface area contributed by atoms with Crippen LogP contribution < -0.4 is 5.73 Å². The van der Waals surface area contributed by atoms with E-state index in [0.29, 0.717) is 0 Å². The number of thiophene rings is 1. The van der Waals surface area contributed by atoms with Crippen LogP contribution in [0.3, 0.4) is 0 Å². The van der Waals surface area contributed by atoms with Crippen molar-refractivity contribution in [2.75, 3.05) is 0 Å². The Kier molecular flexibility index (Phi) is 2.75. The summed E-state index contributed by atoms with van der Waals surface area (Å²) in [5.74, 6) is 0. The standard InChI is InChI=1S/C11H11ClN2S2/c12-6-4-9(15-5-6)11-14-8-3-1-2-7(13)10(8)16-11/h4-5,7H,1-3,13H2. The highest BCUT2D eigenvalue weighted by molar-refractivity contribution is 7.21. The maximum absolute atomic E-state index is 6.09. The van der Waals surface area contributed by atoms with E-state index in [-0.39, 0.29) is 6.04 Å². The van der Waals surface area contributed by atoms with Gasteiger partial charge in [0.25, 0.3) is 0 Å². The third-order valence-corrected chi connectivity index (χ3v) is 5.45. The van der Waals surface area contributed by atoms with Crippen LogP contribution in [0, 0.1) is 0 Å². The average Bonchev–Trinajstić information content (AvgIpc) is 2.84. The summed E-state index contributed by atoms with van der Waals surface area (Å²) in [7, 11) is 0. The van der Waals surface area contributed by atoms with Crippen LogP contribution in [-0.2, 0) is 6.42 Å². The highest BCUT2D eigenvalue weighted by atomic mass is 35.5. The van der Waals surface area contributed by atoms with Crippen molar-refractivity contribution < 1.29 is 0 Å². The zero-order chi connectivity index (χ0) is 11.1. The Morgan fingerprint density at radius 2 is 2.38 bits per heavy atom. The molecule has 2 nitrogen and oxygen atoms in total. The molecule has 0 radical (unpaired) electrons. The van der Waals surface area contributed by atoms with Crippen molar-refractivity contribution in [2.45, 2.75) is 25.3 Å². The summed E-state index contributed by atoms with van der Waals surface area (Å²) in [6, 6.07) is 2.16. The summed E-state index contributed by atoms with van der Waals surface area (Å²) in [6.07, 6.45) is 3.31. The van der Waals surface area contributed by atoms with Gasteiger partial charge in [0, 0.05) is 16.3 Å². The number of fused-ring (bicyclic) bond motifs is 1. The summed E-state index contributed by atoms with van der Waals surface area (Å²) >= 11 is 9.30. The van der Waals surface area contributed by atoms with E-state index < -0.39 is 0 Å². The van der Waals surface area contributed by atoms with Crippen molar-refractivity contribution in [1.82, 2.24) is 4.98 Å². The monoisotopic (exact) mass is 270 g/mol. The molecule has 1 aliphatic rings. The minimum Gasteiger partial charge on any atom is -0.323 e. The second-order valence-electron chi connectivity index (χ2n) is 3.96. The predicted molar refractivity (Wildman–Crippen MR) is 70.3 cm³/mol. The topological polar surface area (TPSA) is 38.9 Å². The first-order valence-corrected chi connectivity index (χ1v) is 7.31. The number of hydrogen-bond donors (Lipinski definition) is 1. The fourth-order valence-corrected chi connectivity index (χ4v) is 4.27. The van der Waals surface area contributed by atoms with Gasteiger partial charge in [-0.1, -0.05) is 11.6 Å². The van der Waals surface area contributed by atoms with Crippen molar-refractivity contribution in [3.63, 3.8) is 0 Å². The lowest BCUT2D eigenvalue weighted by Crippen LogP contribution is -2.15. The number of aromatic nitrogens is 1. The second kappa shape index (κ2) is 4.11. The van der Waals surface area contributed by atoms with Crippen molar-refractivity contribution in [1.29, 1.82) is 0 Å². The molecule has 0 aromatic carbocycles. The van der Waals surface area contributed by atoms with E-state index in [9.17, 15) is 0 Å². The molecule has 5 heteroatoms. The Labute approximate surface area is 107 Å². The largest absolute Gasteiger partial charge is 0.323 e. The molecule has 2 heterocycles. The van der Waals surface area contributed by atoms with E-state index in [2.05, 4.69) is 4.98 Å². The fourth-order valence-electron chi connectivity index (χ4n) is 1.98. The molecule has 1 aliphatic carbocycles. The Hall–Kier alpha value is -0.420. The van der Waals surface area contributed by atoms with Crippen LogP contribution in [0.25, 0.3) is 9.88 Å². The molecule has 16 heavy (non-hydrogen) atoms. The smallest absolute Gasteiger partial charge is 0.134 e. The average molecular weight is 271 g/mol. The first-order chi connectivity index (χ1) is 7.74. The van der Waals surface area contributed by atoms with Gasteiger partial charge in [0.1, 0.15) is 5.01 Å². The molecule has 0 bridgehead atoms. The van der Waals surface area contributed by atoms with E-state index in [1.807, 2.05) is 11.4 Å². The molecule has 0 amide bonds. The number of nitrogens with two attached hydrogens (primary N) is 1. The quantitative estimate of drug-likeness (QED) is 0.855. The number of nitrogens with zero attached hydrogens (tertiary/aromatic N) is 1. The maximum atomic E-state index is 6.09. The van der Waals surface area contributed by atoms with Gasteiger partial charge in [-0.2, -0.15) is 0 Å². The Balaban J connectivity index is 2.04. The van der Waals surface area contributed by atoms with E-state index in [0.717, 1.165) is 34.2 Å². The van der Waals surface area contributed by atoms with Crippen LogP contribution in [0.5, 0.6) is 0 Å². The highest BCUT2D eigenvalue weighted by Gasteiger charge is 2.22. The first kappa shape index (κ1) is 10.7. The molecule has 3 rings (SSSR count). The van der Waals surface area contributed by atoms with Crippen LogP contribution in [0.1, 0.15) is 29.5 Å². The number of thiazole rings is 1. The van der Waals surface area contributed by atoms with Gasteiger partial charge in [0.05, 0.1) is 15.6 Å². The molecule has 1 unspecified atom stereocenters. The van der Waals surface area contributed by atoms with Crippen LogP contribution in [-0.4, -0.2) is 4.98 Å². The van der Waals surface area contributed by atoms with Gasteiger partial charge in [0.2, 0.25) is 0 Å². The van der Waals surface area contributed by atoms with Gasteiger partial charge in [-0.15, -0.1) is 22.7 Å². The number of aryl methyl sites for hydroxylation is 1. The third-order valence-electron chi connectivity index (χ3n) is 2.77. The molecule has 2 N–H and O–H groups in total. The molecule has 0 aliphatic heterocycles. The summed E-state index contributed by atoms with van der Waals surface area (Å²) in [6.45, 7) is 0. The fraction of sp³-hybridized carbons (Fsp3) is 0.364. The lowest BCUT2D eigenvalue weighted by atomic mass is 9.99. The van der Waals surface area contributed by atoms with Gasteiger partial charge in [0.15, 0.2) is 0 Å². The Morgan fingerprint density at radius 3 is 3.06 bits per heavy atom. The van der Waals surface area contributed by atoms with Crippen molar-refractivity contribution in [3.8, 4) is 9.88 Å². The van der Waals surface area contributed by atoms with E-state index in [1.54, 1.807) is 22.7 Å². The molecule has 0 spiro atoms. The summed E-state index contributed by atoms with van der Waals surface area (Å²) in [5, 5.41) is 3.80. The third kappa shape index (κ3) is 1.80. The van der Waals surface area contributed by atoms with Crippen molar-refractivity contribution >= 4 is 34.3 Å². The van der Waals surface area contributed by atoms with Gasteiger partial charge in [-0.3, -0.25) is 0 Å². The number of halogens is 1. The van der Waals surface area contributed by atoms with Crippen LogP contribution in [0.4, 0.5) is 0 Å². The summed E-state index contributed by atoms with van der Waals surface area (Å²) < 4.78 is 0. The van der Waals surface area contributed by atoms with Crippen LogP contribution >= 0.6 is 34.3 Å². The maximum Gasteiger partial charge on any atom is 0.134 e. The Morgan fingerprint density at radius 1 is 1.50 bits per heavy atom. The van der Waals surface area contributed by atoms with E-state index >= 15 is 0 Å². The minimum atomic E-state index is 0.186. The molecule has 0 fully saturated rings. The minimum absolute atomic E-state index is 0.186. The number of rotatable bonds is 1. The molecule has 2 aromatic heterocycles. The molecule has 0 saturated heterocycles.